The molecule has 0 aliphatic carbocycles. The number of aromatic nitrogens is 2. The number of halogens is 1. The minimum absolute atomic E-state index is 0.00135. The fourth-order valence-corrected chi connectivity index (χ4v) is 3.95. The highest BCUT2D eigenvalue weighted by atomic mass is 32.2. The Labute approximate surface area is 158 Å². The molecular weight excluding hydrogens is 371 g/mol. The maximum absolute atomic E-state index is 14.0. The number of sulfonamides is 1. The van der Waals surface area contributed by atoms with E-state index >= 15 is 0 Å². The summed E-state index contributed by atoms with van der Waals surface area (Å²) in [7, 11) is -3.88. The lowest BCUT2D eigenvalue weighted by Crippen LogP contribution is -2.25. The number of benzene rings is 1. The van der Waals surface area contributed by atoms with Crippen molar-refractivity contribution in [2.75, 3.05) is 24.6 Å². The average Bonchev–Trinajstić information content (AvgIpc) is 3.16. The van der Waals surface area contributed by atoms with Crippen molar-refractivity contribution in [3.05, 3.63) is 41.5 Å². The van der Waals surface area contributed by atoms with Crippen LogP contribution in [-0.4, -0.2) is 38.1 Å². The van der Waals surface area contributed by atoms with E-state index in [1.54, 1.807) is 13.0 Å². The van der Waals surface area contributed by atoms with Crippen molar-refractivity contribution >= 4 is 16.0 Å². The normalized spacial score (nSPS) is 14.6. The Balaban J connectivity index is 1.74. The molecule has 0 radical (unpaired) electrons. The van der Waals surface area contributed by atoms with Crippen LogP contribution >= 0.6 is 0 Å². The molecule has 146 valence electrons. The molecule has 27 heavy (non-hydrogen) atoms. The van der Waals surface area contributed by atoms with Gasteiger partial charge in [0, 0.05) is 18.8 Å². The van der Waals surface area contributed by atoms with Crippen molar-refractivity contribution in [1.82, 2.24) is 14.7 Å². The van der Waals surface area contributed by atoms with Gasteiger partial charge in [-0.05, 0) is 51.0 Å². The summed E-state index contributed by atoms with van der Waals surface area (Å²) in [6, 6.07) is 5.32. The van der Waals surface area contributed by atoms with Gasteiger partial charge >= 0.3 is 0 Å². The molecule has 2 heterocycles. The van der Waals surface area contributed by atoms with Crippen molar-refractivity contribution in [2.45, 2.75) is 38.1 Å². The van der Waals surface area contributed by atoms with Crippen LogP contribution in [0.4, 0.5) is 10.3 Å². The summed E-state index contributed by atoms with van der Waals surface area (Å²) in [5.41, 5.74) is 1.34. The quantitative estimate of drug-likeness (QED) is 0.776. The molecular formula is C18H23FN4O3S. The number of rotatable bonds is 7. The van der Waals surface area contributed by atoms with Gasteiger partial charge in [-0.2, -0.15) is 0 Å². The Hall–Kier alpha value is -2.26. The average molecular weight is 394 g/mol. The van der Waals surface area contributed by atoms with E-state index in [0.29, 0.717) is 18.2 Å². The lowest BCUT2D eigenvalue weighted by atomic mass is 10.3. The van der Waals surface area contributed by atoms with Crippen LogP contribution in [0.3, 0.4) is 0 Å². The molecule has 0 spiro atoms. The smallest absolute Gasteiger partial charge is 0.241 e. The molecule has 0 bridgehead atoms. The number of aryl methyl sites for hydroxylation is 1. The molecule has 0 atom stereocenters. The van der Waals surface area contributed by atoms with Gasteiger partial charge in [0.1, 0.15) is 0 Å². The molecule has 1 aliphatic rings. The van der Waals surface area contributed by atoms with Gasteiger partial charge < -0.3 is 9.64 Å². The van der Waals surface area contributed by atoms with Gasteiger partial charge in [-0.3, -0.25) is 0 Å². The second-order valence-electron chi connectivity index (χ2n) is 6.34. The van der Waals surface area contributed by atoms with Crippen LogP contribution < -0.4 is 14.4 Å². The first-order valence-electron chi connectivity index (χ1n) is 8.90. The SMILES string of the molecule is CCOc1ccc(S(=O)(=O)NCc2cc(C)nc(N3CCCC3)n2)cc1F. The maximum atomic E-state index is 14.0. The topological polar surface area (TPSA) is 84.4 Å². The zero-order chi connectivity index (χ0) is 19.4. The third-order valence-electron chi connectivity index (χ3n) is 4.24. The summed E-state index contributed by atoms with van der Waals surface area (Å²) in [6.07, 6.45) is 2.20. The summed E-state index contributed by atoms with van der Waals surface area (Å²) in [6.45, 7) is 5.68. The van der Waals surface area contributed by atoms with Gasteiger partial charge in [-0.15, -0.1) is 0 Å². The molecule has 1 aromatic carbocycles. The second-order valence-corrected chi connectivity index (χ2v) is 8.11. The molecule has 1 aromatic heterocycles. The zero-order valence-electron chi connectivity index (χ0n) is 15.4. The molecule has 9 heteroatoms. The van der Waals surface area contributed by atoms with Crippen LogP contribution in [0.5, 0.6) is 5.75 Å². The van der Waals surface area contributed by atoms with Gasteiger partial charge in [-0.25, -0.2) is 27.5 Å². The largest absolute Gasteiger partial charge is 0.491 e. The van der Waals surface area contributed by atoms with Crippen molar-refractivity contribution in [3.63, 3.8) is 0 Å². The third kappa shape index (κ3) is 4.72. The highest BCUT2D eigenvalue weighted by Gasteiger charge is 2.19. The fraction of sp³-hybridized carbons (Fsp3) is 0.444. The first-order chi connectivity index (χ1) is 12.9. The molecule has 2 aromatic rings. The van der Waals surface area contributed by atoms with Gasteiger partial charge in [0.2, 0.25) is 16.0 Å². The minimum atomic E-state index is -3.88. The maximum Gasteiger partial charge on any atom is 0.241 e. The van der Waals surface area contributed by atoms with Crippen LogP contribution in [0.15, 0.2) is 29.2 Å². The van der Waals surface area contributed by atoms with Crippen LogP contribution in [0.25, 0.3) is 0 Å². The fourth-order valence-electron chi connectivity index (χ4n) is 2.94. The van der Waals surface area contributed by atoms with Gasteiger partial charge in [0.25, 0.3) is 0 Å². The number of nitrogens with one attached hydrogen (secondary N) is 1. The monoisotopic (exact) mass is 394 g/mol. The van der Waals surface area contributed by atoms with Crippen LogP contribution in [0.2, 0.25) is 0 Å². The van der Waals surface area contributed by atoms with E-state index in [-0.39, 0.29) is 17.2 Å². The Kier molecular flexibility index (Phi) is 5.91. The molecule has 1 aliphatic heterocycles. The summed E-state index contributed by atoms with van der Waals surface area (Å²) >= 11 is 0. The third-order valence-corrected chi connectivity index (χ3v) is 5.64. The number of hydrogen-bond donors (Lipinski definition) is 1. The van der Waals surface area contributed by atoms with Gasteiger partial charge in [0.05, 0.1) is 23.7 Å². The van der Waals surface area contributed by atoms with Crippen LogP contribution in [0, 0.1) is 12.7 Å². The van der Waals surface area contributed by atoms with E-state index in [9.17, 15) is 12.8 Å². The lowest BCUT2D eigenvalue weighted by Gasteiger charge is -2.16. The predicted octanol–water partition coefficient (Wildman–Crippen LogP) is 2.40. The summed E-state index contributed by atoms with van der Waals surface area (Å²) in [4.78, 5) is 10.8. The molecule has 7 nitrogen and oxygen atoms in total. The van der Waals surface area contributed by atoms with Gasteiger partial charge in [0.15, 0.2) is 11.6 Å². The number of hydrogen-bond acceptors (Lipinski definition) is 6. The molecule has 1 saturated heterocycles. The lowest BCUT2D eigenvalue weighted by molar-refractivity contribution is 0.321. The van der Waals surface area contributed by atoms with E-state index in [2.05, 4.69) is 19.6 Å². The van der Waals surface area contributed by atoms with Crippen molar-refractivity contribution < 1.29 is 17.5 Å². The molecule has 1 fully saturated rings. The van der Waals surface area contributed by atoms with Crippen molar-refractivity contribution in [2.24, 2.45) is 0 Å². The van der Waals surface area contributed by atoms with E-state index in [1.165, 1.54) is 12.1 Å². The molecule has 1 N–H and O–H groups in total. The van der Waals surface area contributed by atoms with Crippen molar-refractivity contribution in [3.8, 4) is 5.75 Å². The number of nitrogens with zero attached hydrogens (tertiary/aromatic N) is 3. The molecule has 3 rings (SSSR count). The first kappa shape index (κ1) is 19.5. The van der Waals surface area contributed by atoms with Crippen molar-refractivity contribution in [1.29, 1.82) is 0 Å². The zero-order valence-corrected chi connectivity index (χ0v) is 16.2. The van der Waals surface area contributed by atoms with E-state index in [0.717, 1.165) is 37.7 Å². The first-order valence-corrected chi connectivity index (χ1v) is 10.4. The standard InChI is InChI=1S/C18H23FN4O3S/c1-3-26-17-7-6-15(11-16(17)19)27(24,25)20-12-14-10-13(2)21-18(22-14)23-8-4-5-9-23/h6-7,10-11,20H,3-5,8-9,12H2,1-2H3. The minimum Gasteiger partial charge on any atom is -0.491 e. The Bertz CT molecular complexity index is 915. The summed E-state index contributed by atoms with van der Waals surface area (Å²) in [5, 5.41) is 0. The Morgan fingerprint density at radius 3 is 2.63 bits per heavy atom. The molecule has 0 amide bonds. The molecule has 0 unspecified atom stereocenters. The van der Waals surface area contributed by atoms with E-state index in [4.69, 9.17) is 4.74 Å². The van der Waals surface area contributed by atoms with Crippen LogP contribution in [0.1, 0.15) is 31.2 Å². The van der Waals surface area contributed by atoms with Crippen LogP contribution in [-0.2, 0) is 16.6 Å². The number of anilines is 1. The highest BCUT2D eigenvalue weighted by molar-refractivity contribution is 7.89. The Morgan fingerprint density at radius 1 is 1.22 bits per heavy atom. The summed E-state index contributed by atoms with van der Waals surface area (Å²) < 4.78 is 46.5. The predicted molar refractivity (Wildman–Crippen MR) is 99.8 cm³/mol. The Morgan fingerprint density at radius 2 is 1.96 bits per heavy atom. The summed E-state index contributed by atoms with van der Waals surface area (Å²) in [5.74, 6) is -0.0686. The van der Waals surface area contributed by atoms with Gasteiger partial charge in [-0.1, -0.05) is 0 Å². The molecule has 0 saturated carbocycles. The second kappa shape index (κ2) is 8.18. The van der Waals surface area contributed by atoms with E-state index in [1.807, 2.05) is 6.92 Å². The van der Waals surface area contributed by atoms with E-state index < -0.39 is 15.8 Å². The number of ether oxygens (including phenoxy) is 1. The highest BCUT2D eigenvalue weighted by Crippen LogP contribution is 2.21.